The van der Waals surface area contributed by atoms with Crippen LogP contribution in [0.3, 0.4) is 0 Å². The minimum absolute atomic E-state index is 0.122. The van der Waals surface area contributed by atoms with Crippen LogP contribution < -0.4 is 5.32 Å². The first-order valence-electron chi connectivity index (χ1n) is 7.35. The molecule has 21 heavy (non-hydrogen) atoms. The molecule has 2 aromatic heterocycles. The lowest BCUT2D eigenvalue weighted by molar-refractivity contribution is 0.0866. The van der Waals surface area contributed by atoms with Crippen LogP contribution in [-0.2, 0) is 6.42 Å². The molecular formula is C14H19N5O2. The molecule has 2 heterocycles. The summed E-state index contributed by atoms with van der Waals surface area (Å²) in [7, 11) is 0. The average molecular weight is 289 g/mol. The molecule has 0 bridgehead atoms. The quantitative estimate of drug-likeness (QED) is 0.868. The number of carbonyl (C=O) groups excluding carboxylic acids is 1. The lowest BCUT2D eigenvalue weighted by Crippen LogP contribution is -2.39. The molecule has 0 unspecified atom stereocenters. The SMILES string of the molecule is CCc1c(C(=O)NC2CCC(O)CC2)cnc2ncnn12. The van der Waals surface area contributed by atoms with Crippen molar-refractivity contribution in [1.29, 1.82) is 0 Å². The fourth-order valence-electron chi connectivity index (χ4n) is 2.84. The monoisotopic (exact) mass is 289 g/mol. The van der Waals surface area contributed by atoms with Crippen LogP contribution in [0.1, 0.15) is 48.7 Å². The number of hydrogen-bond donors (Lipinski definition) is 2. The second kappa shape index (κ2) is 5.77. The number of aliphatic hydroxyl groups is 1. The van der Waals surface area contributed by atoms with E-state index in [1.54, 1.807) is 10.7 Å². The topological polar surface area (TPSA) is 92.4 Å². The van der Waals surface area contributed by atoms with Crippen molar-refractivity contribution in [2.45, 2.75) is 51.2 Å². The summed E-state index contributed by atoms with van der Waals surface area (Å²) in [5.74, 6) is 0.377. The van der Waals surface area contributed by atoms with Crippen LogP contribution in [0.2, 0.25) is 0 Å². The van der Waals surface area contributed by atoms with Crippen molar-refractivity contribution in [1.82, 2.24) is 24.9 Å². The summed E-state index contributed by atoms with van der Waals surface area (Å²) in [6.07, 6.45) is 6.56. The third-order valence-corrected chi connectivity index (χ3v) is 4.02. The summed E-state index contributed by atoms with van der Waals surface area (Å²) in [5, 5.41) is 16.7. The zero-order valence-electron chi connectivity index (χ0n) is 12.0. The van der Waals surface area contributed by atoms with Gasteiger partial charge in [0.05, 0.1) is 17.4 Å². The Morgan fingerprint density at radius 2 is 2.14 bits per heavy atom. The molecular weight excluding hydrogens is 270 g/mol. The third-order valence-electron chi connectivity index (χ3n) is 4.02. The Bertz CT molecular complexity index is 646. The van der Waals surface area contributed by atoms with Crippen molar-refractivity contribution in [3.63, 3.8) is 0 Å². The number of aryl methyl sites for hydroxylation is 1. The highest BCUT2D eigenvalue weighted by Gasteiger charge is 2.23. The van der Waals surface area contributed by atoms with Crippen LogP contribution in [0.4, 0.5) is 0 Å². The van der Waals surface area contributed by atoms with Gasteiger partial charge < -0.3 is 10.4 Å². The second-order valence-electron chi connectivity index (χ2n) is 5.42. The van der Waals surface area contributed by atoms with E-state index in [-0.39, 0.29) is 18.1 Å². The molecule has 3 rings (SSSR count). The van der Waals surface area contributed by atoms with Crippen LogP contribution in [0.15, 0.2) is 12.5 Å². The summed E-state index contributed by atoms with van der Waals surface area (Å²) in [6.45, 7) is 1.98. The number of rotatable bonds is 3. The number of carbonyl (C=O) groups is 1. The van der Waals surface area contributed by atoms with Crippen LogP contribution in [0, 0.1) is 0 Å². The van der Waals surface area contributed by atoms with Crippen molar-refractivity contribution in [2.24, 2.45) is 0 Å². The van der Waals surface area contributed by atoms with Gasteiger partial charge in [0.25, 0.3) is 11.7 Å². The molecule has 0 aliphatic heterocycles. The molecule has 1 saturated carbocycles. The zero-order valence-corrected chi connectivity index (χ0v) is 12.0. The third kappa shape index (κ3) is 2.73. The lowest BCUT2D eigenvalue weighted by Gasteiger charge is -2.26. The maximum atomic E-state index is 12.5. The molecule has 1 aliphatic rings. The van der Waals surface area contributed by atoms with E-state index in [1.807, 2.05) is 6.92 Å². The van der Waals surface area contributed by atoms with Crippen LogP contribution in [0.25, 0.3) is 5.78 Å². The fraction of sp³-hybridized carbons (Fsp3) is 0.571. The van der Waals surface area contributed by atoms with Crippen LogP contribution in [0.5, 0.6) is 0 Å². The summed E-state index contributed by atoms with van der Waals surface area (Å²) in [5.41, 5.74) is 1.35. The van der Waals surface area contributed by atoms with Gasteiger partial charge in [-0.15, -0.1) is 0 Å². The minimum Gasteiger partial charge on any atom is -0.393 e. The van der Waals surface area contributed by atoms with E-state index in [0.717, 1.165) is 31.4 Å². The summed E-state index contributed by atoms with van der Waals surface area (Å²) in [4.78, 5) is 20.7. The Kier molecular flexibility index (Phi) is 3.83. The van der Waals surface area contributed by atoms with Gasteiger partial charge >= 0.3 is 0 Å². The zero-order chi connectivity index (χ0) is 14.8. The molecule has 0 radical (unpaired) electrons. The van der Waals surface area contributed by atoms with Crippen LogP contribution >= 0.6 is 0 Å². The Balaban J connectivity index is 1.81. The fourth-order valence-corrected chi connectivity index (χ4v) is 2.84. The molecule has 0 saturated heterocycles. The number of aromatic nitrogens is 4. The van der Waals surface area contributed by atoms with E-state index in [1.165, 1.54) is 6.33 Å². The van der Waals surface area contributed by atoms with E-state index in [9.17, 15) is 9.90 Å². The Hall–Kier alpha value is -2.02. The van der Waals surface area contributed by atoms with Gasteiger partial charge in [-0.25, -0.2) is 9.50 Å². The predicted molar refractivity (Wildman–Crippen MR) is 75.9 cm³/mol. The van der Waals surface area contributed by atoms with E-state index in [0.29, 0.717) is 17.8 Å². The largest absolute Gasteiger partial charge is 0.393 e. The highest BCUT2D eigenvalue weighted by molar-refractivity contribution is 5.95. The predicted octanol–water partition coefficient (Wildman–Crippen LogP) is 0.720. The Morgan fingerprint density at radius 1 is 1.38 bits per heavy atom. The van der Waals surface area contributed by atoms with Gasteiger partial charge in [-0.05, 0) is 32.1 Å². The first kappa shape index (κ1) is 13.9. The molecule has 1 aliphatic carbocycles. The van der Waals surface area contributed by atoms with Crippen molar-refractivity contribution in [3.05, 3.63) is 23.8 Å². The molecule has 7 nitrogen and oxygen atoms in total. The molecule has 1 fully saturated rings. The van der Waals surface area contributed by atoms with Gasteiger partial charge in [0.1, 0.15) is 6.33 Å². The minimum atomic E-state index is -0.225. The van der Waals surface area contributed by atoms with E-state index in [4.69, 9.17) is 0 Å². The first-order chi connectivity index (χ1) is 10.2. The number of aliphatic hydroxyl groups excluding tert-OH is 1. The smallest absolute Gasteiger partial charge is 0.254 e. The number of fused-ring (bicyclic) bond motifs is 1. The Labute approximate surface area is 122 Å². The number of amides is 1. The molecule has 0 spiro atoms. The van der Waals surface area contributed by atoms with Gasteiger partial charge in [-0.2, -0.15) is 10.1 Å². The van der Waals surface area contributed by atoms with E-state index < -0.39 is 0 Å². The highest BCUT2D eigenvalue weighted by Crippen LogP contribution is 2.19. The average Bonchev–Trinajstić information content (AvgIpc) is 2.97. The van der Waals surface area contributed by atoms with Gasteiger partial charge in [0.15, 0.2) is 0 Å². The van der Waals surface area contributed by atoms with Crippen molar-refractivity contribution in [2.75, 3.05) is 0 Å². The summed E-state index contributed by atoms with van der Waals surface area (Å²) >= 11 is 0. The maximum Gasteiger partial charge on any atom is 0.254 e. The lowest BCUT2D eigenvalue weighted by atomic mass is 9.93. The number of nitrogens with one attached hydrogen (secondary N) is 1. The molecule has 7 heteroatoms. The van der Waals surface area contributed by atoms with Crippen LogP contribution in [-0.4, -0.2) is 42.7 Å². The summed E-state index contributed by atoms with van der Waals surface area (Å²) in [6, 6.07) is 0.122. The summed E-state index contributed by atoms with van der Waals surface area (Å²) < 4.78 is 1.61. The first-order valence-corrected chi connectivity index (χ1v) is 7.35. The maximum absolute atomic E-state index is 12.5. The molecule has 0 atom stereocenters. The van der Waals surface area contributed by atoms with Gasteiger partial charge in [-0.3, -0.25) is 4.79 Å². The normalized spacial score (nSPS) is 22.4. The standard InChI is InChI=1S/C14H19N5O2/c1-2-12-11(7-15-14-16-8-17-19(12)14)13(21)18-9-3-5-10(20)6-4-9/h7-10,20H,2-6H2,1H3,(H,18,21). The number of nitrogens with zero attached hydrogens (tertiary/aromatic N) is 4. The molecule has 0 aromatic carbocycles. The molecule has 2 aromatic rings. The second-order valence-corrected chi connectivity index (χ2v) is 5.42. The van der Waals surface area contributed by atoms with E-state index >= 15 is 0 Å². The highest BCUT2D eigenvalue weighted by atomic mass is 16.3. The number of hydrogen-bond acceptors (Lipinski definition) is 5. The molecule has 2 N–H and O–H groups in total. The van der Waals surface area contributed by atoms with Gasteiger partial charge in [0, 0.05) is 12.2 Å². The van der Waals surface area contributed by atoms with Crippen molar-refractivity contribution < 1.29 is 9.90 Å². The van der Waals surface area contributed by atoms with Crippen molar-refractivity contribution in [3.8, 4) is 0 Å². The van der Waals surface area contributed by atoms with E-state index in [2.05, 4.69) is 20.4 Å². The molecule has 112 valence electrons. The molecule has 1 amide bonds. The van der Waals surface area contributed by atoms with Crippen molar-refractivity contribution >= 4 is 11.7 Å². The Morgan fingerprint density at radius 3 is 2.86 bits per heavy atom. The van der Waals surface area contributed by atoms with Gasteiger partial charge in [0.2, 0.25) is 0 Å². The van der Waals surface area contributed by atoms with Gasteiger partial charge in [-0.1, -0.05) is 6.92 Å².